The van der Waals surface area contributed by atoms with Crippen molar-refractivity contribution in [1.82, 2.24) is 5.32 Å². The number of anilines is 1. The molecule has 5 nitrogen and oxygen atoms in total. The fourth-order valence-electron chi connectivity index (χ4n) is 2.49. The average molecular weight is 346 g/mol. The van der Waals surface area contributed by atoms with E-state index in [0.29, 0.717) is 11.3 Å². The zero-order chi connectivity index (χ0) is 17.9. The van der Waals surface area contributed by atoms with Gasteiger partial charge in [-0.15, -0.1) is 0 Å². The van der Waals surface area contributed by atoms with Gasteiger partial charge in [0, 0.05) is 11.3 Å². The number of carbonyl (C=O) groups excluding carboxylic acids is 1. The number of rotatable bonds is 5. The Hall–Kier alpha value is -2.34. The third-order valence-corrected chi connectivity index (χ3v) is 4.31. The predicted molar refractivity (Wildman–Crippen MR) is 96.7 cm³/mol. The van der Waals surface area contributed by atoms with Gasteiger partial charge in [0.15, 0.2) is 0 Å². The highest BCUT2D eigenvalue weighted by atomic mass is 32.2. The van der Waals surface area contributed by atoms with Gasteiger partial charge in [0.2, 0.25) is 10.0 Å². The van der Waals surface area contributed by atoms with Crippen LogP contribution in [0.4, 0.5) is 5.69 Å². The van der Waals surface area contributed by atoms with Crippen LogP contribution < -0.4 is 10.0 Å². The lowest BCUT2D eigenvalue weighted by atomic mass is 9.99. The summed E-state index contributed by atoms with van der Waals surface area (Å²) in [4.78, 5) is 12.4. The van der Waals surface area contributed by atoms with E-state index in [1.54, 1.807) is 24.3 Å². The fraction of sp³-hybridized carbons (Fsp3) is 0.278. The second-order valence-corrected chi connectivity index (χ2v) is 7.76. The van der Waals surface area contributed by atoms with E-state index in [1.807, 2.05) is 32.9 Å². The minimum absolute atomic E-state index is 0.119. The van der Waals surface area contributed by atoms with Crippen LogP contribution in [0, 0.1) is 13.8 Å². The lowest BCUT2D eigenvalue weighted by molar-refractivity contribution is 0.0940. The van der Waals surface area contributed by atoms with E-state index in [9.17, 15) is 13.2 Å². The standard InChI is InChI=1S/C18H22N2O3S/c1-12-5-6-13(2)17(11-12)14(3)19-18(21)15-7-9-16(10-8-15)20-24(4,22)23/h5-11,14,20H,1-4H3,(H,19,21)/t14-/m0/s1. The molecule has 0 spiro atoms. The largest absolute Gasteiger partial charge is 0.346 e. The number of benzene rings is 2. The van der Waals surface area contributed by atoms with Gasteiger partial charge in [0.05, 0.1) is 12.3 Å². The summed E-state index contributed by atoms with van der Waals surface area (Å²) in [5.41, 5.74) is 4.26. The summed E-state index contributed by atoms with van der Waals surface area (Å²) < 4.78 is 24.7. The average Bonchev–Trinajstić information content (AvgIpc) is 2.48. The number of aryl methyl sites for hydroxylation is 2. The Morgan fingerprint density at radius 1 is 1.04 bits per heavy atom. The predicted octanol–water partition coefficient (Wildman–Crippen LogP) is 3.17. The third kappa shape index (κ3) is 4.83. The van der Waals surface area contributed by atoms with Crippen molar-refractivity contribution in [1.29, 1.82) is 0 Å². The minimum Gasteiger partial charge on any atom is -0.346 e. The van der Waals surface area contributed by atoms with E-state index in [2.05, 4.69) is 16.1 Å². The quantitative estimate of drug-likeness (QED) is 0.873. The summed E-state index contributed by atoms with van der Waals surface area (Å²) in [6.07, 6.45) is 1.08. The topological polar surface area (TPSA) is 75.3 Å². The van der Waals surface area contributed by atoms with Gasteiger partial charge in [-0.05, 0) is 56.2 Å². The van der Waals surface area contributed by atoms with Crippen LogP contribution in [-0.2, 0) is 10.0 Å². The first-order valence-electron chi connectivity index (χ1n) is 7.61. The van der Waals surface area contributed by atoms with Gasteiger partial charge >= 0.3 is 0 Å². The van der Waals surface area contributed by atoms with Crippen molar-refractivity contribution in [2.75, 3.05) is 11.0 Å². The van der Waals surface area contributed by atoms with Crippen molar-refractivity contribution in [2.24, 2.45) is 0 Å². The van der Waals surface area contributed by atoms with E-state index in [-0.39, 0.29) is 11.9 Å². The summed E-state index contributed by atoms with van der Waals surface area (Å²) in [6.45, 7) is 5.98. The molecule has 0 aliphatic carbocycles. The Labute approximate surface area is 143 Å². The summed E-state index contributed by atoms with van der Waals surface area (Å²) in [7, 11) is -3.32. The Balaban J connectivity index is 2.10. The normalized spacial score (nSPS) is 12.5. The molecule has 2 aromatic rings. The lowest BCUT2D eigenvalue weighted by Gasteiger charge is -2.17. The Morgan fingerprint density at radius 2 is 1.67 bits per heavy atom. The number of hydrogen-bond donors (Lipinski definition) is 2. The molecule has 0 saturated carbocycles. The van der Waals surface area contributed by atoms with Crippen molar-refractivity contribution in [3.05, 3.63) is 64.7 Å². The van der Waals surface area contributed by atoms with Crippen molar-refractivity contribution >= 4 is 21.6 Å². The van der Waals surface area contributed by atoms with Crippen LogP contribution >= 0.6 is 0 Å². The molecular formula is C18H22N2O3S. The highest BCUT2D eigenvalue weighted by Gasteiger charge is 2.13. The molecule has 0 saturated heterocycles. The highest BCUT2D eigenvalue weighted by molar-refractivity contribution is 7.92. The number of hydrogen-bond acceptors (Lipinski definition) is 3. The van der Waals surface area contributed by atoms with Crippen LogP contribution in [0.15, 0.2) is 42.5 Å². The van der Waals surface area contributed by atoms with Crippen LogP contribution in [0.5, 0.6) is 0 Å². The molecule has 6 heteroatoms. The van der Waals surface area contributed by atoms with Crippen LogP contribution in [-0.4, -0.2) is 20.6 Å². The Morgan fingerprint density at radius 3 is 2.25 bits per heavy atom. The molecule has 2 rings (SSSR count). The summed E-state index contributed by atoms with van der Waals surface area (Å²) in [6, 6.07) is 12.4. The Bertz CT molecular complexity index is 843. The molecule has 0 radical (unpaired) electrons. The first kappa shape index (κ1) is 18.0. The second-order valence-electron chi connectivity index (χ2n) is 6.01. The van der Waals surface area contributed by atoms with Crippen molar-refractivity contribution in [2.45, 2.75) is 26.8 Å². The van der Waals surface area contributed by atoms with Crippen molar-refractivity contribution in [3.8, 4) is 0 Å². The summed E-state index contributed by atoms with van der Waals surface area (Å²) in [5, 5.41) is 2.97. The van der Waals surface area contributed by atoms with Gasteiger partial charge in [-0.1, -0.05) is 23.8 Å². The van der Waals surface area contributed by atoms with Crippen LogP contribution in [0.25, 0.3) is 0 Å². The number of carbonyl (C=O) groups is 1. The van der Waals surface area contributed by atoms with Gasteiger partial charge in [-0.2, -0.15) is 0 Å². The maximum atomic E-state index is 12.4. The maximum absolute atomic E-state index is 12.4. The molecule has 24 heavy (non-hydrogen) atoms. The molecule has 0 heterocycles. The number of amides is 1. The third-order valence-electron chi connectivity index (χ3n) is 3.70. The zero-order valence-corrected chi connectivity index (χ0v) is 15.1. The smallest absolute Gasteiger partial charge is 0.251 e. The number of nitrogens with one attached hydrogen (secondary N) is 2. The zero-order valence-electron chi connectivity index (χ0n) is 14.3. The lowest BCUT2D eigenvalue weighted by Crippen LogP contribution is -2.27. The van der Waals surface area contributed by atoms with Crippen molar-refractivity contribution < 1.29 is 13.2 Å². The molecule has 0 aromatic heterocycles. The SMILES string of the molecule is Cc1ccc(C)c([C@H](C)NC(=O)c2ccc(NS(C)(=O)=O)cc2)c1. The van der Waals surface area contributed by atoms with Crippen LogP contribution in [0.2, 0.25) is 0 Å². The fourth-order valence-corrected chi connectivity index (χ4v) is 3.05. The molecule has 0 aliphatic rings. The minimum atomic E-state index is -3.32. The van der Waals surface area contributed by atoms with Crippen molar-refractivity contribution in [3.63, 3.8) is 0 Å². The molecule has 128 valence electrons. The van der Waals surface area contributed by atoms with E-state index in [1.165, 1.54) is 0 Å². The molecule has 0 aliphatic heterocycles. The first-order chi connectivity index (χ1) is 11.2. The Kier molecular flexibility index (Phi) is 5.29. The molecule has 1 amide bonds. The summed E-state index contributed by atoms with van der Waals surface area (Å²) >= 11 is 0. The van der Waals surface area contributed by atoms with Gasteiger partial charge in [0.1, 0.15) is 0 Å². The first-order valence-corrected chi connectivity index (χ1v) is 9.51. The van der Waals surface area contributed by atoms with Gasteiger partial charge < -0.3 is 5.32 Å². The van der Waals surface area contributed by atoms with E-state index < -0.39 is 10.0 Å². The molecule has 0 bridgehead atoms. The molecule has 2 N–H and O–H groups in total. The second kappa shape index (κ2) is 7.05. The van der Waals surface area contributed by atoms with Crippen LogP contribution in [0.1, 0.15) is 40.0 Å². The summed E-state index contributed by atoms with van der Waals surface area (Å²) in [5.74, 6) is -0.200. The molecule has 0 unspecified atom stereocenters. The van der Waals surface area contributed by atoms with E-state index in [4.69, 9.17) is 0 Å². The molecule has 0 fully saturated rings. The van der Waals surface area contributed by atoms with Crippen LogP contribution in [0.3, 0.4) is 0 Å². The monoisotopic (exact) mass is 346 g/mol. The molecule has 1 atom stereocenters. The van der Waals surface area contributed by atoms with Gasteiger partial charge in [-0.3, -0.25) is 9.52 Å². The molecule has 2 aromatic carbocycles. The number of sulfonamides is 1. The maximum Gasteiger partial charge on any atom is 0.251 e. The molecular weight excluding hydrogens is 324 g/mol. The van der Waals surface area contributed by atoms with Gasteiger partial charge in [-0.25, -0.2) is 8.42 Å². The van der Waals surface area contributed by atoms with Gasteiger partial charge in [0.25, 0.3) is 5.91 Å². The highest BCUT2D eigenvalue weighted by Crippen LogP contribution is 2.19. The van der Waals surface area contributed by atoms with E-state index >= 15 is 0 Å². The van der Waals surface area contributed by atoms with E-state index in [0.717, 1.165) is 22.9 Å².